The molecule has 8 nitrogen and oxygen atoms in total. The van der Waals surface area contributed by atoms with Gasteiger partial charge in [0.15, 0.2) is 0 Å². The monoisotopic (exact) mass is 431 g/mol. The van der Waals surface area contributed by atoms with Gasteiger partial charge in [0.25, 0.3) is 5.69 Å². The molecular formula is C21H25N3O5S. The van der Waals surface area contributed by atoms with Crippen molar-refractivity contribution in [1.29, 1.82) is 0 Å². The van der Waals surface area contributed by atoms with E-state index in [0.29, 0.717) is 37.9 Å². The van der Waals surface area contributed by atoms with E-state index in [9.17, 15) is 23.3 Å². The molecule has 2 aromatic rings. The molecule has 1 heterocycles. The van der Waals surface area contributed by atoms with Crippen LogP contribution in [0.3, 0.4) is 0 Å². The van der Waals surface area contributed by atoms with Crippen LogP contribution in [0.15, 0.2) is 54.6 Å². The van der Waals surface area contributed by atoms with Gasteiger partial charge in [-0.25, -0.2) is 12.7 Å². The molecule has 1 aliphatic heterocycles. The summed E-state index contributed by atoms with van der Waals surface area (Å²) in [6, 6.07) is 15.4. The molecule has 160 valence electrons. The van der Waals surface area contributed by atoms with Crippen LogP contribution in [0.1, 0.15) is 24.8 Å². The summed E-state index contributed by atoms with van der Waals surface area (Å²) in [5.74, 6) is -0.761. The lowest BCUT2D eigenvalue weighted by Crippen LogP contribution is -2.44. The Morgan fingerprint density at radius 3 is 2.67 bits per heavy atom. The van der Waals surface area contributed by atoms with Crippen LogP contribution in [0.4, 0.5) is 11.4 Å². The molecule has 3 rings (SSSR count). The molecule has 0 unspecified atom stereocenters. The van der Waals surface area contributed by atoms with Crippen molar-refractivity contribution < 1.29 is 18.1 Å². The minimum atomic E-state index is -3.45. The number of sulfonamides is 1. The molecule has 1 atom stereocenters. The van der Waals surface area contributed by atoms with Gasteiger partial charge in [-0.05, 0) is 37.3 Å². The first kappa shape index (κ1) is 21.9. The summed E-state index contributed by atoms with van der Waals surface area (Å²) in [6.45, 7) is 0.544. The molecule has 1 saturated heterocycles. The number of aryl methyl sites for hydroxylation is 1. The van der Waals surface area contributed by atoms with Crippen LogP contribution in [0, 0.1) is 16.0 Å². The second-order valence-electron chi connectivity index (χ2n) is 7.40. The number of nitro groups is 1. The van der Waals surface area contributed by atoms with Gasteiger partial charge in [0.2, 0.25) is 15.9 Å². The number of benzene rings is 2. The zero-order valence-corrected chi connectivity index (χ0v) is 17.4. The van der Waals surface area contributed by atoms with Gasteiger partial charge in [-0.15, -0.1) is 0 Å². The molecule has 0 bridgehead atoms. The molecule has 0 radical (unpaired) electrons. The van der Waals surface area contributed by atoms with E-state index in [1.54, 1.807) is 6.07 Å². The zero-order valence-electron chi connectivity index (χ0n) is 16.6. The number of nitrogens with zero attached hydrogens (tertiary/aromatic N) is 2. The van der Waals surface area contributed by atoms with Crippen molar-refractivity contribution in [1.82, 2.24) is 4.31 Å². The minimum absolute atomic E-state index is 0.0428. The summed E-state index contributed by atoms with van der Waals surface area (Å²) >= 11 is 0. The molecule has 0 aromatic heterocycles. The van der Waals surface area contributed by atoms with Crippen molar-refractivity contribution in [2.45, 2.75) is 25.7 Å². The average molecular weight is 432 g/mol. The van der Waals surface area contributed by atoms with Gasteiger partial charge in [0.1, 0.15) is 0 Å². The molecule has 1 amide bonds. The maximum absolute atomic E-state index is 12.7. The lowest BCUT2D eigenvalue weighted by molar-refractivity contribution is -0.384. The fraction of sp³-hybridized carbons (Fsp3) is 0.381. The van der Waals surface area contributed by atoms with Crippen LogP contribution in [0.25, 0.3) is 0 Å². The SMILES string of the molecule is O=C(Nc1cccc([N+](=O)[O-])c1)[C@H]1CCCN(S(=O)(=O)CCCc2ccccc2)C1. The van der Waals surface area contributed by atoms with Crippen molar-refractivity contribution in [3.8, 4) is 0 Å². The molecule has 0 spiro atoms. The number of rotatable bonds is 8. The Morgan fingerprint density at radius 1 is 1.17 bits per heavy atom. The van der Waals surface area contributed by atoms with Gasteiger partial charge < -0.3 is 5.32 Å². The third-order valence-electron chi connectivity index (χ3n) is 5.18. The topological polar surface area (TPSA) is 110 Å². The van der Waals surface area contributed by atoms with Crippen molar-refractivity contribution in [2.75, 3.05) is 24.2 Å². The Labute approximate surface area is 176 Å². The quantitative estimate of drug-likeness (QED) is 0.510. The molecule has 1 fully saturated rings. The number of hydrogen-bond acceptors (Lipinski definition) is 5. The maximum Gasteiger partial charge on any atom is 0.271 e. The number of amides is 1. The Kier molecular flexibility index (Phi) is 7.17. The molecule has 0 aliphatic carbocycles. The van der Waals surface area contributed by atoms with Gasteiger partial charge in [-0.2, -0.15) is 0 Å². The maximum atomic E-state index is 12.7. The van der Waals surface area contributed by atoms with E-state index in [-0.39, 0.29) is 23.9 Å². The average Bonchev–Trinajstić information content (AvgIpc) is 2.74. The van der Waals surface area contributed by atoms with E-state index >= 15 is 0 Å². The van der Waals surface area contributed by atoms with E-state index in [2.05, 4.69) is 5.32 Å². The predicted molar refractivity (Wildman–Crippen MR) is 115 cm³/mol. The minimum Gasteiger partial charge on any atom is -0.326 e. The van der Waals surface area contributed by atoms with Crippen molar-refractivity contribution in [2.24, 2.45) is 5.92 Å². The first-order valence-corrected chi connectivity index (χ1v) is 11.5. The molecule has 1 N–H and O–H groups in total. The molecule has 9 heteroatoms. The molecule has 2 aromatic carbocycles. The van der Waals surface area contributed by atoms with E-state index in [1.807, 2.05) is 30.3 Å². The number of piperidine rings is 1. The zero-order chi connectivity index (χ0) is 21.6. The molecule has 1 aliphatic rings. The van der Waals surface area contributed by atoms with Crippen LogP contribution >= 0.6 is 0 Å². The summed E-state index contributed by atoms with van der Waals surface area (Å²) in [5.41, 5.74) is 1.32. The van der Waals surface area contributed by atoms with Gasteiger partial charge >= 0.3 is 0 Å². The Hall–Kier alpha value is -2.78. The Bertz CT molecular complexity index is 995. The molecule has 0 saturated carbocycles. The van der Waals surface area contributed by atoms with Gasteiger partial charge in [0, 0.05) is 30.9 Å². The molecular weight excluding hydrogens is 406 g/mol. The van der Waals surface area contributed by atoms with E-state index in [0.717, 1.165) is 5.56 Å². The van der Waals surface area contributed by atoms with Gasteiger partial charge in [-0.3, -0.25) is 14.9 Å². The molecule has 30 heavy (non-hydrogen) atoms. The Balaban J connectivity index is 1.56. The van der Waals surface area contributed by atoms with E-state index < -0.39 is 20.9 Å². The van der Waals surface area contributed by atoms with Crippen LogP contribution in [-0.4, -0.2) is 42.4 Å². The first-order chi connectivity index (χ1) is 14.3. The largest absolute Gasteiger partial charge is 0.326 e. The highest BCUT2D eigenvalue weighted by Gasteiger charge is 2.32. The highest BCUT2D eigenvalue weighted by molar-refractivity contribution is 7.89. The van der Waals surface area contributed by atoms with Gasteiger partial charge in [-0.1, -0.05) is 36.4 Å². The van der Waals surface area contributed by atoms with Crippen LogP contribution in [0.5, 0.6) is 0 Å². The summed E-state index contributed by atoms with van der Waals surface area (Å²) in [7, 11) is -3.45. The first-order valence-electron chi connectivity index (χ1n) is 9.92. The third-order valence-corrected chi connectivity index (χ3v) is 7.11. The number of nitrogens with one attached hydrogen (secondary N) is 1. The fourth-order valence-corrected chi connectivity index (χ4v) is 5.16. The summed E-state index contributed by atoms with van der Waals surface area (Å²) in [6.07, 6.45) is 2.39. The standard InChI is InChI=1S/C21H25N3O5S/c25-21(22-19-11-4-12-20(15-19)24(26)27)18-10-5-13-23(16-18)30(28,29)14-6-9-17-7-2-1-3-8-17/h1-4,7-8,11-12,15,18H,5-6,9-10,13-14,16H2,(H,22,25)/t18-/m0/s1. The Morgan fingerprint density at radius 2 is 1.93 bits per heavy atom. The fourth-order valence-electron chi connectivity index (χ4n) is 3.58. The number of non-ortho nitro benzene ring substituents is 1. The summed E-state index contributed by atoms with van der Waals surface area (Å²) < 4.78 is 26.9. The number of carbonyl (C=O) groups excluding carboxylic acids is 1. The predicted octanol–water partition coefficient (Wildman–Crippen LogP) is 3.21. The van der Waals surface area contributed by atoms with Crippen molar-refractivity contribution in [3.05, 3.63) is 70.3 Å². The van der Waals surface area contributed by atoms with E-state index in [4.69, 9.17) is 0 Å². The smallest absolute Gasteiger partial charge is 0.271 e. The highest BCUT2D eigenvalue weighted by Crippen LogP contribution is 2.23. The summed E-state index contributed by atoms with van der Waals surface area (Å²) in [5, 5.41) is 13.6. The van der Waals surface area contributed by atoms with Crippen LogP contribution in [-0.2, 0) is 21.2 Å². The normalized spacial score (nSPS) is 17.4. The number of carbonyl (C=O) groups is 1. The van der Waals surface area contributed by atoms with Crippen molar-refractivity contribution >= 4 is 27.3 Å². The lowest BCUT2D eigenvalue weighted by Gasteiger charge is -2.31. The summed E-state index contributed by atoms with van der Waals surface area (Å²) in [4.78, 5) is 23.0. The van der Waals surface area contributed by atoms with Gasteiger partial charge in [0.05, 0.1) is 16.6 Å². The third kappa shape index (κ3) is 5.87. The number of anilines is 1. The van der Waals surface area contributed by atoms with Crippen LogP contribution in [0.2, 0.25) is 0 Å². The number of nitro benzene ring substituents is 1. The highest BCUT2D eigenvalue weighted by atomic mass is 32.2. The van der Waals surface area contributed by atoms with E-state index in [1.165, 1.54) is 22.5 Å². The number of hydrogen-bond donors (Lipinski definition) is 1. The second-order valence-corrected chi connectivity index (χ2v) is 9.49. The van der Waals surface area contributed by atoms with Crippen LogP contribution < -0.4 is 5.32 Å². The lowest BCUT2D eigenvalue weighted by atomic mass is 9.98. The van der Waals surface area contributed by atoms with Crippen molar-refractivity contribution in [3.63, 3.8) is 0 Å². The second kappa shape index (κ2) is 9.82.